The van der Waals surface area contributed by atoms with Crippen LogP contribution in [-0.4, -0.2) is 0 Å². The zero-order chi connectivity index (χ0) is 2.71. The van der Waals surface area contributed by atoms with Crippen LogP contribution in [0.4, 0.5) is 0 Å². The van der Waals surface area contributed by atoms with Crippen LogP contribution >= 0.6 is 35.4 Å². The maximum atomic E-state index is 3.22. The number of rotatable bonds is 0. The Kier molecular flexibility index (Phi) is 20.0. The van der Waals surface area contributed by atoms with Crippen LogP contribution in [0.5, 0.6) is 0 Å². The summed E-state index contributed by atoms with van der Waals surface area (Å²) >= 11 is 0. The fourth-order valence-corrected chi connectivity index (χ4v) is 0. The van der Waals surface area contributed by atoms with Crippen LogP contribution in [0.15, 0.2) is 4.52 Å². The van der Waals surface area contributed by atoms with E-state index in [1.54, 1.807) is 0 Å². The molecule has 0 bridgehead atoms. The molecule has 0 heterocycles. The standard InChI is InChI=1S/BrH.H3NP2/c;2-1-3/h1H;2H,3H2. The van der Waals surface area contributed by atoms with Crippen LogP contribution in [0.1, 0.15) is 0 Å². The van der Waals surface area contributed by atoms with E-state index >= 15 is 0 Å². The van der Waals surface area contributed by atoms with Crippen LogP contribution in [0, 0.1) is 0 Å². The largest absolute Gasteiger partial charge is 0.255 e. The zero-order valence-corrected chi connectivity index (χ0v) is 5.80. The molecule has 0 aliphatic rings. The Balaban J connectivity index is 0. The topological polar surface area (TPSA) is 12.4 Å². The van der Waals surface area contributed by atoms with Gasteiger partial charge in [-0.3, -0.25) is 4.52 Å². The van der Waals surface area contributed by atoms with Gasteiger partial charge in [-0.15, -0.1) is 17.0 Å². The Labute approximate surface area is 40.5 Å². The van der Waals surface area contributed by atoms with Crippen molar-refractivity contribution in [2.75, 3.05) is 0 Å². The molecular weight excluding hydrogens is 156 g/mol. The summed E-state index contributed by atoms with van der Waals surface area (Å²) in [7, 11) is 4.89. The molecule has 0 saturated carbocycles. The first-order chi connectivity index (χ1) is 1.41. The Morgan fingerprint density at radius 2 is 1.75 bits per heavy atom. The third-order valence-electron chi connectivity index (χ3n) is 0. The predicted molar refractivity (Wildman–Crippen MR) is 30.8 cm³/mol. The van der Waals surface area contributed by atoms with Crippen LogP contribution in [-0.2, 0) is 0 Å². The molecule has 0 N–H and O–H groups in total. The second-order valence-corrected chi connectivity index (χ2v) is 1.16. The number of nitrogens with zero attached hydrogens (tertiary/aromatic N) is 1. The SMILES string of the molecule is Br.P=NP. The van der Waals surface area contributed by atoms with Gasteiger partial charge in [-0.05, 0) is 18.4 Å². The van der Waals surface area contributed by atoms with Crippen LogP contribution < -0.4 is 0 Å². The molecule has 0 fully saturated rings. The summed E-state index contributed by atoms with van der Waals surface area (Å²) in [5, 5.41) is 0. The molecule has 0 aliphatic carbocycles. The van der Waals surface area contributed by atoms with Gasteiger partial charge in [-0.1, -0.05) is 0 Å². The van der Waals surface area contributed by atoms with E-state index in [9.17, 15) is 0 Å². The minimum atomic E-state index is 0. The Bertz CT molecular complexity index is 13.5. The normalized spacial score (nSPS) is 3.25. The molecule has 0 aliphatic heterocycles. The van der Waals surface area contributed by atoms with Gasteiger partial charge in [-0.25, -0.2) is 0 Å². The lowest BCUT2D eigenvalue weighted by Gasteiger charge is -1.36. The summed E-state index contributed by atoms with van der Waals surface area (Å²) in [6.45, 7) is 0. The van der Waals surface area contributed by atoms with Crippen LogP contribution in [0.2, 0.25) is 0 Å². The molecule has 0 spiro atoms. The van der Waals surface area contributed by atoms with Gasteiger partial charge in [0.15, 0.2) is 0 Å². The third-order valence-corrected chi connectivity index (χ3v) is 0. The number of hydrogen-bond acceptors (Lipinski definition) is 1. The molecule has 0 saturated heterocycles. The van der Waals surface area contributed by atoms with E-state index in [0.29, 0.717) is 0 Å². The number of hydrogen-bond donors (Lipinski definition) is 0. The molecule has 26 valence electrons. The molecule has 1 unspecified atom stereocenters. The van der Waals surface area contributed by atoms with E-state index in [4.69, 9.17) is 0 Å². The Morgan fingerprint density at radius 1 is 1.75 bits per heavy atom. The molecule has 1 nitrogen and oxygen atoms in total. The fourth-order valence-electron chi connectivity index (χ4n) is 0. The van der Waals surface area contributed by atoms with Gasteiger partial charge in [0, 0.05) is 0 Å². The minimum Gasteiger partial charge on any atom is -0.255 e. The zero-order valence-electron chi connectivity index (χ0n) is 1.93. The first-order valence-electron chi connectivity index (χ1n) is 0.482. The van der Waals surface area contributed by atoms with Crippen molar-refractivity contribution < 1.29 is 0 Å². The van der Waals surface area contributed by atoms with E-state index < -0.39 is 0 Å². The molecule has 0 aromatic carbocycles. The average molecular weight is 160 g/mol. The van der Waals surface area contributed by atoms with Crippen molar-refractivity contribution in [3.63, 3.8) is 0 Å². The first kappa shape index (κ1) is 8.89. The van der Waals surface area contributed by atoms with Gasteiger partial charge >= 0.3 is 0 Å². The van der Waals surface area contributed by atoms with Gasteiger partial charge in [0.2, 0.25) is 0 Å². The highest BCUT2D eigenvalue weighted by atomic mass is 79.9. The molecule has 4 heavy (non-hydrogen) atoms. The average Bonchev–Trinajstić information content (AvgIpc) is 0.918. The third kappa shape index (κ3) is 11.9. The van der Waals surface area contributed by atoms with Crippen LogP contribution in [0.25, 0.3) is 0 Å². The van der Waals surface area contributed by atoms with Crippen molar-refractivity contribution in [2.24, 2.45) is 4.52 Å². The van der Waals surface area contributed by atoms with Crippen molar-refractivity contribution >= 4 is 35.4 Å². The highest BCUT2D eigenvalue weighted by Crippen LogP contribution is 1.79. The lowest BCUT2D eigenvalue weighted by atomic mass is 13.9. The minimum absolute atomic E-state index is 0. The van der Waals surface area contributed by atoms with E-state index in [2.05, 4.69) is 22.9 Å². The lowest BCUT2D eigenvalue weighted by Crippen LogP contribution is -0.748. The maximum Gasteiger partial charge on any atom is -0.00890 e. The van der Waals surface area contributed by atoms with Crippen molar-refractivity contribution in [2.45, 2.75) is 0 Å². The molecule has 0 aromatic rings. The monoisotopic (exact) mass is 159 g/mol. The smallest absolute Gasteiger partial charge is 0.00890 e. The Hall–Kier alpha value is 1.01. The van der Waals surface area contributed by atoms with Gasteiger partial charge < -0.3 is 0 Å². The van der Waals surface area contributed by atoms with Crippen molar-refractivity contribution in [1.82, 2.24) is 0 Å². The molecule has 0 aromatic heterocycles. The molecule has 0 amide bonds. The predicted octanol–water partition coefficient (Wildman–Crippen LogP) is 1.68. The molecule has 4 heteroatoms. The Morgan fingerprint density at radius 3 is 1.75 bits per heavy atom. The van der Waals surface area contributed by atoms with Crippen molar-refractivity contribution in [1.29, 1.82) is 0 Å². The summed E-state index contributed by atoms with van der Waals surface area (Å²) in [5.74, 6) is 0. The molecule has 0 radical (unpaired) electrons. The molecule has 0 rings (SSSR count). The lowest BCUT2D eigenvalue weighted by molar-refractivity contribution is 2.12. The van der Waals surface area contributed by atoms with E-state index in [-0.39, 0.29) is 17.0 Å². The molecule has 1 atom stereocenters. The van der Waals surface area contributed by atoms with Crippen LogP contribution in [0.3, 0.4) is 0 Å². The summed E-state index contributed by atoms with van der Waals surface area (Å²) in [6.07, 6.45) is 0. The first-order valence-corrected chi connectivity index (χ1v) is 1.45. The van der Waals surface area contributed by atoms with Crippen molar-refractivity contribution in [3.8, 4) is 0 Å². The van der Waals surface area contributed by atoms with E-state index in [1.165, 1.54) is 0 Å². The highest BCUT2D eigenvalue weighted by molar-refractivity contribution is 8.93. The van der Waals surface area contributed by atoms with Gasteiger partial charge in [0.05, 0.1) is 0 Å². The number of halogens is 1. The summed E-state index contributed by atoms with van der Waals surface area (Å²) in [5.41, 5.74) is 0. The quantitative estimate of drug-likeness (QED) is 0.478. The van der Waals surface area contributed by atoms with Crippen molar-refractivity contribution in [3.05, 3.63) is 0 Å². The fraction of sp³-hybridized carbons (Fsp3) is 0. The van der Waals surface area contributed by atoms with E-state index in [1.807, 2.05) is 0 Å². The maximum absolute atomic E-state index is 3.22. The second kappa shape index (κ2) is 8.99. The summed E-state index contributed by atoms with van der Waals surface area (Å²) in [6, 6.07) is 0. The van der Waals surface area contributed by atoms with Gasteiger partial charge in [0.25, 0.3) is 0 Å². The van der Waals surface area contributed by atoms with Gasteiger partial charge in [-0.2, -0.15) is 0 Å². The van der Waals surface area contributed by atoms with Gasteiger partial charge in [0.1, 0.15) is 0 Å². The van der Waals surface area contributed by atoms with E-state index in [0.717, 1.165) is 0 Å². The second-order valence-electron chi connectivity index (χ2n) is 0.129. The highest BCUT2D eigenvalue weighted by Gasteiger charge is 1.10. The molecular formula is H4BrNP2. The summed E-state index contributed by atoms with van der Waals surface area (Å²) in [4.78, 5) is 0. The summed E-state index contributed by atoms with van der Waals surface area (Å²) < 4.78 is 3.22.